The van der Waals surface area contributed by atoms with Crippen LogP contribution in [0.15, 0.2) is 6.20 Å². The Hall–Kier alpha value is -1.96. The van der Waals surface area contributed by atoms with Crippen LogP contribution in [0.3, 0.4) is 0 Å². The maximum atomic E-state index is 12.0. The number of piperazine rings is 1. The van der Waals surface area contributed by atoms with Gasteiger partial charge in [0, 0.05) is 32.7 Å². The van der Waals surface area contributed by atoms with Gasteiger partial charge in [0.1, 0.15) is 0 Å². The molecular formula is C11H17N5O3. The quantitative estimate of drug-likeness (QED) is 0.713. The lowest BCUT2D eigenvalue weighted by atomic mass is 10.2. The van der Waals surface area contributed by atoms with Crippen molar-refractivity contribution in [1.29, 1.82) is 0 Å². The van der Waals surface area contributed by atoms with E-state index in [0.717, 1.165) is 13.1 Å². The van der Waals surface area contributed by atoms with Crippen molar-refractivity contribution in [2.45, 2.75) is 6.42 Å². The molecular weight excluding hydrogens is 250 g/mol. The van der Waals surface area contributed by atoms with E-state index in [9.17, 15) is 9.59 Å². The third-order valence-electron chi connectivity index (χ3n) is 3.15. The summed E-state index contributed by atoms with van der Waals surface area (Å²) >= 11 is 0. The van der Waals surface area contributed by atoms with Crippen molar-refractivity contribution in [3.05, 3.63) is 11.9 Å². The number of hydrogen-bond acceptors (Lipinski definition) is 6. The number of nitrogens with one attached hydrogen (secondary N) is 1. The van der Waals surface area contributed by atoms with Gasteiger partial charge in [-0.1, -0.05) is 0 Å². The van der Waals surface area contributed by atoms with Gasteiger partial charge in [0.15, 0.2) is 5.69 Å². The predicted molar refractivity (Wildman–Crippen MR) is 65.4 cm³/mol. The van der Waals surface area contributed by atoms with Crippen molar-refractivity contribution in [1.82, 2.24) is 25.2 Å². The average molecular weight is 267 g/mol. The van der Waals surface area contributed by atoms with Crippen LogP contribution in [0.2, 0.25) is 0 Å². The van der Waals surface area contributed by atoms with Gasteiger partial charge < -0.3 is 9.64 Å². The van der Waals surface area contributed by atoms with Crippen molar-refractivity contribution in [2.24, 2.45) is 0 Å². The minimum absolute atomic E-state index is 0.110. The molecule has 1 amide bonds. The van der Waals surface area contributed by atoms with E-state index in [-0.39, 0.29) is 11.9 Å². The third-order valence-corrected chi connectivity index (χ3v) is 3.15. The first kappa shape index (κ1) is 13.5. The Labute approximate surface area is 110 Å². The van der Waals surface area contributed by atoms with E-state index in [2.05, 4.69) is 25.0 Å². The molecule has 0 saturated carbocycles. The second-order valence-corrected chi connectivity index (χ2v) is 4.32. The highest BCUT2D eigenvalue weighted by atomic mass is 16.5. The standard InChI is InChI=1S/C11H17N5O3/c1-19-10(17)2-3-15-4-6-16(7-5-15)11(18)9-8-12-14-13-9/h8H,2-7H2,1H3,(H,12,13,14). The van der Waals surface area contributed by atoms with Gasteiger partial charge in [-0.3, -0.25) is 14.5 Å². The van der Waals surface area contributed by atoms with Crippen LogP contribution in [0, 0.1) is 0 Å². The van der Waals surface area contributed by atoms with Crippen molar-refractivity contribution in [2.75, 3.05) is 39.8 Å². The van der Waals surface area contributed by atoms with Crippen LogP contribution in [-0.4, -0.2) is 76.9 Å². The van der Waals surface area contributed by atoms with Crippen molar-refractivity contribution >= 4 is 11.9 Å². The third kappa shape index (κ3) is 3.50. The number of amides is 1. The number of nitrogens with zero attached hydrogens (tertiary/aromatic N) is 4. The van der Waals surface area contributed by atoms with Gasteiger partial charge in [-0.2, -0.15) is 15.4 Å². The van der Waals surface area contributed by atoms with Gasteiger partial charge in [-0.25, -0.2) is 0 Å². The summed E-state index contributed by atoms with van der Waals surface area (Å²) in [6, 6.07) is 0. The minimum atomic E-state index is -0.207. The number of H-pyrrole nitrogens is 1. The lowest BCUT2D eigenvalue weighted by Crippen LogP contribution is -2.49. The second-order valence-electron chi connectivity index (χ2n) is 4.32. The summed E-state index contributed by atoms with van der Waals surface area (Å²) in [6.07, 6.45) is 1.81. The van der Waals surface area contributed by atoms with E-state index in [4.69, 9.17) is 0 Å². The molecule has 1 aliphatic heterocycles. The zero-order chi connectivity index (χ0) is 13.7. The Morgan fingerprint density at radius 3 is 2.68 bits per heavy atom. The van der Waals surface area contributed by atoms with Crippen LogP contribution in [0.4, 0.5) is 0 Å². The topological polar surface area (TPSA) is 91.4 Å². The number of carbonyl (C=O) groups is 2. The summed E-state index contributed by atoms with van der Waals surface area (Å²) in [5.41, 5.74) is 0.336. The van der Waals surface area contributed by atoms with E-state index in [0.29, 0.717) is 31.7 Å². The molecule has 1 aliphatic rings. The Morgan fingerprint density at radius 1 is 1.37 bits per heavy atom. The molecule has 0 unspecified atom stereocenters. The fraction of sp³-hybridized carbons (Fsp3) is 0.636. The molecule has 1 saturated heterocycles. The monoisotopic (exact) mass is 267 g/mol. The van der Waals surface area contributed by atoms with E-state index in [1.165, 1.54) is 13.3 Å². The molecule has 104 valence electrons. The fourth-order valence-corrected chi connectivity index (χ4v) is 1.99. The van der Waals surface area contributed by atoms with Crippen LogP contribution in [0.5, 0.6) is 0 Å². The van der Waals surface area contributed by atoms with Gasteiger partial charge in [0.25, 0.3) is 5.91 Å². The Morgan fingerprint density at radius 2 is 2.11 bits per heavy atom. The molecule has 1 N–H and O–H groups in total. The highest BCUT2D eigenvalue weighted by Gasteiger charge is 2.23. The number of aromatic nitrogens is 3. The number of rotatable bonds is 4. The molecule has 1 aromatic rings. The maximum Gasteiger partial charge on any atom is 0.306 e. The molecule has 0 atom stereocenters. The van der Waals surface area contributed by atoms with Gasteiger partial charge in [0.2, 0.25) is 0 Å². The summed E-state index contributed by atoms with van der Waals surface area (Å²) < 4.78 is 4.60. The molecule has 19 heavy (non-hydrogen) atoms. The summed E-state index contributed by atoms with van der Waals surface area (Å²) in [5.74, 6) is -0.317. The van der Waals surface area contributed by atoms with Crippen LogP contribution in [0.1, 0.15) is 16.9 Å². The normalized spacial score (nSPS) is 16.4. The zero-order valence-corrected chi connectivity index (χ0v) is 10.8. The molecule has 0 bridgehead atoms. The van der Waals surface area contributed by atoms with E-state index in [1.54, 1.807) is 4.90 Å². The zero-order valence-electron chi connectivity index (χ0n) is 10.8. The molecule has 8 heteroatoms. The number of carbonyl (C=O) groups excluding carboxylic acids is 2. The van der Waals surface area contributed by atoms with Crippen LogP contribution in [-0.2, 0) is 9.53 Å². The molecule has 1 fully saturated rings. The molecule has 0 spiro atoms. The number of hydrogen-bond donors (Lipinski definition) is 1. The van der Waals surface area contributed by atoms with Gasteiger partial charge in [-0.05, 0) is 0 Å². The first-order valence-electron chi connectivity index (χ1n) is 6.15. The minimum Gasteiger partial charge on any atom is -0.469 e. The smallest absolute Gasteiger partial charge is 0.306 e. The molecule has 2 rings (SSSR count). The van der Waals surface area contributed by atoms with Gasteiger partial charge in [0.05, 0.1) is 19.7 Å². The van der Waals surface area contributed by atoms with Crippen molar-refractivity contribution in [3.8, 4) is 0 Å². The highest BCUT2D eigenvalue weighted by Crippen LogP contribution is 2.06. The largest absolute Gasteiger partial charge is 0.469 e. The van der Waals surface area contributed by atoms with E-state index in [1.807, 2.05) is 0 Å². The first-order chi connectivity index (χ1) is 9.20. The summed E-state index contributed by atoms with van der Waals surface area (Å²) in [7, 11) is 1.39. The number of aromatic amines is 1. The Kier molecular flexibility index (Phi) is 4.45. The lowest BCUT2D eigenvalue weighted by molar-refractivity contribution is -0.141. The second kappa shape index (κ2) is 6.28. The number of methoxy groups -OCH3 is 1. The van der Waals surface area contributed by atoms with Crippen LogP contribution >= 0.6 is 0 Å². The molecule has 0 aromatic carbocycles. The summed E-state index contributed by atoms with van der Waals surface area (Å²) in [6.45, 7) is 3.43. The SMILES string of the molecule is COC(=O)CCN1CCN(C(=O)c2cn[nH]n2)CC1. The fourth-order valence-electron chi connectivity index (χ4n) is 1.99. The lowest BCUT2D eigenvalue weighted by Gasteiger charge is -2.34. The van der Waals surface area contributed by atoms with E-state index >= 15 is 0 Å². The molecule has 1 aromatic heterocycles. The average Bonchev–Trinajstić information content (AvgIpc) is 2.98. The van der Waals surface area contributed by atoms with Crippen molar-refractivity contribution in [3.63, 3.8) is 0 Å². The van der Waals surface area contributed by atoms with Gasteiger partial charge in [-0.15, -0.1) is 0 Å². The van der Waals surface area contributed by atoms with Crippen molar-refractivity contribution < 1.29 is 14.3 Å². The van der Waals surface area contributed by atoms with Crippen LogP contribution < -0.4 is 0 Å². The predicted octanol–water partition coefficient (Wildman–Crippen LogP) is -0.874. The molecule has 2 heterocycles. The van der Waals surface area contributed by atoms with E-state index < -0.39 is 0 Å². The first-order valence-corrected chi connectivity index (χ1v) is 6.15. The maximum absolute atomic E-state index is 12.0. The number of esters is 1. The Balaban J connectivity index is 1.76. The highest BCUT2D eigenvalue weighted by molar-refractivity contribution is 5.91. The molecule has 0 radical (unpaired) electrons. The number of ether oxygens (including phenoxy) is 1. The summed E-state index contributed by atoms with van der Waals surface area (Å²) in [4.78, 5) is 26.9. The summed E-state index contributed by atoms with van der Waals surface area (Å²) in [5, 5.41) is 9.83. The molecule has 8 nitrogen and oxygen atoms in total. The van der Waals surface area contributed by atoms with Crippen LogP contribution in [0.25, 0.3) is 0 Å². The molecule has 0 aliphatic carbocycles. The Bertz CT molecular complexity index is 426. The van der Waals surface area contributed by atoms with Gasteiger partial charge >= 0.3 is 5.97 Å².